The highest BCUT2D eigenvalue weighted by Crippen LogP contribution is 2.42. The maximum absolute atomic E-state index is 14.5. The lowest BCUT2D eigenvalue weighted by Gasteiger charge is -2.47. The van der Waals surface area contributed by atoms with Gasteiger partial charge in [-0.2, -0.15) is 0 Å². The molecule has 0 aliphatic carbocycles. The molecule has 0 N–H and O–H groups in total. The standard InChI is InChI=1S/C32H30F2N6O5S/c1-20(41)4-9-29(42)40-17-32(18-40)10-11-39(16-32)30-24-12-21(5-7-26(24)36-19-37-30)22-13-27(31(45-3)35-15-22)38(2)46(43,44)28-8-6-23(33)14-25(28)34/h4-9,12-15,19H,10-11,16-18H2,1-3H3/b9-4+. The fourth-order valence-electron chi connectivity index (χ4n) is 6.00. The number of anilines is 2. The number of carbonyl (C=O) groups is 2. The highest BCUT2D eigenvalue weighted by atomic mass is 32.2. The van der Waals surface area contributed by atoms with Crippen LogP contribution in [0, 0.1) is 17.0 Å². The second kappa shape index (κ2) is 11.7. The van der Waals surface area contributed by atoms with E-state index in [0.717, 1.165) is 40.6 Å². The van der Waals surface area contributed by atoms with Crippen LogP contribution in [-0.2, 0) is 19.6 Å². The number of carbonyl (C=O) groups excluding carboxylic acids is 2. The van der Waals surface area contributed by atoms with Crippen molar-refractivity contribution in [2.24, 2.45) is 5.41 Å². The van der Waals surface area contributed by atoms with Crippen LogP contribution in [0.2, 0.25) is 0 Å². The first-order valence-electron chi connectivity index (χ1n) is 14.4. The summed E-state index contributed by atoms with van der Waals surface area (Å²) in [7, 11) is -1.86. The van der Waals surface area contributed by atoms with Crippen molar-refractivity contribution in [1.82, 2.24) is 19.9 Å². The molecule has 2 saturated heterocycles. The number of likely N-dealkylation sites (tertiary alicyclic amines) is 1. The topological polar surface area (TPSA) is 126 Å². The first-order valence-corrected chi connectivity index (χ1v) is 15.8. The molecule has 2 fully saturated rings. The Kier molecular flexibility index (Phi) is 7.92. The molecule has 0 unspecified atom stereocenters. The Balaban J connectivity index is 1.29. The van der Waals surface area contributed by atoms with E-state index in [0.29, 0.717) is 42.3 Å². The summed E-state index contributed by atoms with van der Waals surface area (Å²) in [6.45, 7) is 4.02. The maximum Gasteiger partial charge on any atom is 0.267 e. The van der Waals surface area contributed by atoms with Crippen LogP contribution in [-0.4, -0.2) is 80.3 Å². The van der Waals surface area contributed by atoms with E-state index in [1.54, 1.807) is 11.0 Å². The zero-order chi connectivity index (χ0) is 32.8. The Hall–Kier alpha value is -4.98. The van der Waals surface area contributed by atoms with E-state index in [2.05, 4.69) is 19.9 Å². The molecule has 0 bridgehead atoms. The number of methoxy groups -OCH3 is 1. The van der Waals surface area contributed by atoms with Gasteiger partial charge in [0.15, 0.2) is 5.78 Å². The zero-order valence-electron chi connectivity index (χ0n) is 25.3. The molecule has 4 aromatic rings. The number of amides is 1. The molecule has 14 heteroatoms. The number of halogens is 2. The molecule has 0 atom stereocenters. The average molecular weight is 649 g/mol. The number of hydrogen-bond donors (Lipinski definition) is 0. The van der Waals surface area contributed by atoms with E-state index in [9.17, 15) is 26.8 Å². The van der Waals surface area contributed by atoms with Gasteiger partial charge in [-0.05, 0) is 55.3 Å². The van der Waals surface area contributed by atoms with Crippen LogP contribution in [0.1, 0.15) is 13.3 Å². The smallest absolute Gasteiger partial charge is 0.267 e. The lowest BCUT2D eigenvalue weighted by molar-refractivity contribution is -0.136. The summed E-state index contributed by atoms with van der Waals surface area (Å²) in [6, 6.07) is 9.40. The van der Waals surface area contributed by atoms with Crippen LogP contribution in [0.5, 0.6) is 5.88 Å². The lowest BCUT2D eigenvalue weighted by Crippen LogP contribution is -2.59. The number of benzene rings is 2. The van der Waals surface area contributed by atoms with E-state index in [1.165, 1.54) is 45.8 Å². The number of nitrogens with zero attached hydrogens (tertiary/aromatic N) is 6. The number of sulfonamides is 1. The lowest BCUT2D eigenvalue weighted by atomic mass is 9.79. The Morgan fingerprint density at radius 1 is 1.00 bits per heavy atom. The Morgan fingerprint density at radius 2 is 1.78 bits per heavy atom. The van der Waals surface area contributed by atoms with Crippen LogP contribution in [0.15, 0.2) is 72.0 Å². The van der Waals surface area contributed by atoms with Crippen molar-refractivity contribution in [3.05, 3.63) is 78.8 Å². The Morgan fingerprint density at radius 3 is 2.50 bits per heavy atom. The number of rotatable bonds is 8. The molecule has 2 aliphatic rings. The molecule has 1 spiro atoms. The first kappa shape index (κ1) is 31.0. The molecule has 6 rings (SSSR count). The van der Waals surface area contributed by atoms with Gasteiger partial charge in [-0.1, -0.05) is 6.07 Å². The minimum absolute atomic E-state index is 0.00525. The Labute approximate surface area is 264 Å². The van der Waals surface area contributed by atoms with E-state index in [-0.39, 0.29) is 28.7 Å². The van der Waals surface area contributed by atoms with Crippen molar-refractivity contribution in [3.8, 4) is 17.0 Å². The molecule has 2 aromatic heterocycles. The minimum Gasteiger partial charge on any atom is -0.479 e. The van der Waals surface area contributed by atoms with Gasteiger partial charge in [0.05, 0.1) is 12.6 Å². The summed E-state index contributed by atoms with van der Waals surface area (Å²) in [5, 5.41) is 0.778. The van der Waals surface area contributed by atoms with E-state index in [4.69, 9.17) is 4.74 Å². The van der Waals surface area contributed by atoms with Crippen molar-refractivity contribution < 1.29 is 31.5 Å². The molecule has 0 saturated carbocycles. The summed E-state index contributed by atoms with van der Waals surface area (Å²) in [5.41, 5.74) is 1.95. The molecule has 2 aromatic carbocycles. The van der Waals surface area contributed by atoms with Gasteiger partial charge in [0.2, 0.25) is 11.8 Å². The molecule has 46 heavy (non-hydrogen) atoms. The van der Waals surface area contributed by atoms with E-state index in [1.807, 2.05) is 18.2 Å². The van der Waals surface area contributed by atoms with Crippen molar-refractivity contribution in [3.63, 3.8) is 0 Å². The zero-order valence-corrected chi connectivity index (χ0v) is 26.1. The Bertz CT molecular complexity index is 2020. The predicted molar refractivity (Wildman–Crippen MR) is 167 cm³/mol. The second-order valence-corrected chi connectivity index (χ2v) is 13.5. The van der Waals surface area contributed by atoms with Crippen molar-refractivity contribution in [1.29, 1.82) is 0 Å². The molecule has 4 heterocycles. The molecule has 238 valence electrons. The predicted octanol–water partition coefficient (Wildman–Crippen LogP) is 3.99. The number of ketones is 1. The summed E-state index contributed by atoms with van der Waals surface area (Å²) in [6.07, 6.45) is 6.52. The number of hydrogen-bond acceptors (Lipinski definition) is 9. The van der Waals surface area contributed by atoms with Crippen molar-refractivity contribution >= 4 is 44.1 Å². The number of aromatic nitrogens is 3. The second-order valence-electron chi connectivity index (χ2n) is 11.5. The fourth-order valence-corrected chi connectivity index (χ4v) is 7.23. The van der Waals surface area contributed by atoms with Gasteiger partial charge in [-0.15, -0.1) is 0 Å². The van der Waals surface area contributed by atoms with Crippen molar-refractivity contribution in [2.45, 2.75) is 18.2 Å². The molecule has 0 radical (unpaired) electrons. The van der Waals surface area contributed by atoms with Gasteiger partial charge < -0.3 is 14.5 Å². The third-order valence-electron chi connectivity index (χ3n) is 8.41. The molecule has 11 nitrogen and oxygen atoms in total. The summed E-state index contributed by atoms with van der Waals surface area (Å²) in [5.74, 6) is -1.73. The summed E-state index contributed by atoms with van der Waals surface area (Å²) in [4.78, 5) is 40.2. The first-order chi connectivity index (χ1) is 21.9. The third-order valence-corrected chi connectivity index (χ3v) is 10.2. The largest absolute Gasteiger partial charge is 0.479 e. The van der Waals surface area contributed by atoms with Gasteiger partial charge in [-0.25, -0.2) is 32.2 Å². The highest BCUT2D eigenvalue weighted by Gasteiger charge is 2.49. The summed E-state index contributed by atoms with van der Waals surface area (Å²) >= 11 is 0. The normalized spacial score (nSPS) is 15.8. The maximum atomic E-state index is 14.5. The van der Waals surface area contributed by atoms with Crippen LogP contribution >= 0.6 is 0 Å². The molecular formula is C32H30F2N6O5S. The monoisotopic (exact) mass is 648 g/mol. The summed E-state index contributed by atoms with van der Waals surface area (Å²) < 4.78 is 60.9. The van der Waals surface area contributed by atoms with Gasteiger partial charge in [-0.3, -0.25) is 13.9 Å². The van der Waals surface area contributed by atoms with Gasteiger partial charge >= 0.3 is 0 Å². The van der Waals surface area contributed by atoms with Crippen molar-refractivity contribution in [2.75, 3.05) is 49.5 Å². The van der Waals surface area contributed by atoms with Crippen LogP contribution in [0.25, 0.3) is 22.0 Å². The van der Waals surface area contributed by atoms with Gasteiger partial charge in [0, 0.05) is 67.9 Å². The quantitative estimate of drug-likeness (QED) is 0.261. The van der Waals surface area contributed by atoms with Crippen LogP contribution < -0.4 is 13.9 Å². The third kappa shape index (κ3) is 5.64. The number of pyridine rings is 1. The van der Waals surface area contributed by atoms with Gasteiger partial charge in [0.25, 0.3) is 10.0 Å². The van der Waals surface area contributed by atoms with E-state index < -0.39 is 26.6 Å². The molecule has 2 aliphatic heterocycles. The molecule has 1 amide bonds. The number of ether oxygens (including phenoxy) is 1. The van der Waals surface area contributed by atoms with Gasteiger partial charge in [0.1, 0.15) is 34.4 Å². The molecular weight excluding hydrogens is 618 g/mol. The minimum atomic E-state index is -4.45. The highest BCUT2D eigenvalue weighted by molar-refractivity contribution is 7.92. The van der Waals surface area contributed by atoms with E-state index >= 15 is 0 Å². The van der Waals surface area contributed by atoms with Crippen LogP contribution in [0.3, 0.4) is 0 Å². The number of allylic oxidation sites excluding steroid dienone is 1. The average Bonchev–Trinajstić information content (AvgIpc) is 3.47. The number of fused-ring (bicyclic) bond motifs is 1. The SMILES string of the molecule is COc1ncc(-c2ccc3ncnc(N4CCC5(CN(C(=O)/C=C/C(C)=O)C5)C4)c3c2)cc1N(C)S(=O)(=O)c1ccc(F)cc1F. The fraction of sp³-hybridized carbons (Fsp3) is 0.281. The van der Waals surface area contributed by atoms with Crippen LogP contribution in [0.4, 0.5) is 20.3 Å².